The molecule has 1 heterocycles. The predicted molar refractivity (Wildman–Crippen MR) is 81.1 cm³/mol. The number of carbonyl (C=O) groups is 1. The molecule has 0 spiro atoms. The summed E-state index contributed by atoms with van der Waals surface area (Å²) >= 11 is 0. The Morgan fingerprint density at radius 1 is 1.30 bits per heavy atom. The minimum absolute atomic E-state index is 0.0590. The molecule has 0 bridgehead atoms. The third-order valence-electron chi connectivity index (χ3n) is 3.69. The third-order valence-corrected chi connectivity index (χ3v) is 3.69. The first-order chi connectivity index (χ1) is 9.67. The summed E-state index contributed by atoms with van der Waals surface area (Å²) in [7, 11) is 0. The molecule has 0 aliphatic carbocycles. The van der Waals surface area contributed by atoms with E-state index in [2.05, 4.69) is 17.1 Å². The zero-order valence-electron chi connectivity index (χ0n) is 12.4. The molecule has 0 atom stereocenters. The van der Waals surface area contributed by atoms with E-state index < -0.39 is 0 Å². The number of amides is 1. The molecule has 0 unspecified atom stereocenters. The van der Waals surface area contributed by atoms with Crippen molar-refractivity contribution < 1.29 is 9.53 Å². The van der Waals surface area contributed by atoms with Gasteiger partial charge in [-0.3, -0.25) is 9.69 Å². The summed E-state index contributed by atoms with van der Waals surface area (Å²) in [6.45, 7) is 7.42. The molecule has 2 rings (SSSR count). The molecule has 1 N–H and O–H groups in total. The van der Waals surface area contributed by atoms with Crippen LogP contribution in [0.25, 0.3) is 0 Å². The molecule has 1 aliphatic rings. The molecule has 0 radical (unpaired) electrons. The second-order valence-corrected chi connectivity index (χ2v) is 5.46. The van der Waals surface area contributed by atoms with Crippen molar-refractivity contribution in [3.63, 3.8) is 0 Å². The molecule has 0 aromatic heterocycles. The largest absolute Gasteiger partial charge is 0.494 e. The number of benzene rings is 1. The minimum atomic E-state index is 0.0590. The molecule has 1 aromatic carbocycles. The Bertz CT molecular complexity index is 423. The number of carbonyl (C=O) groups excluding carboxylic acids is 1. The van der Waals surface area contributed by atoms with Crippen LogP contribution in [-0.4, -0.2) is 37.0 Å². The van der Waals surface area contributed by atoms with Gasteiger partial charge >= 0.3 is 0 Å². The van der Waals surface area contributed by atoms with Crippen molar-refractivity contribution in [1.29, 1.82) is 0 Å². The first kappa shape index (κ1) is 14.9. The van der Waals surface area contributed by atoms with Gasteiger partial charge in [0, 0.05) is 5.69 Å². The van der Waals surface area contributed by atoms with E-state index >= 15 is 0 Å². The summed E-state index contributed by atoms with van der Waals surface area (Å²) in [4.78, 5) is 14.2. The Morgan fingerprint density at radius 2 is 1.95 bits per heavy atom. The van der Waals surface area contributed by atoms with Crippen LogP contribution in [0.1, 0.15) is 26.7 Å². The summed E-state index contributed by atoms with van der Waals surface area (Å²) in [5, 5.41) is 2.93. The second kappa shape index (κ2) is 7.29. The Labute approximate surface area is 121 Å². The van der Waals surface area contributed by atoms with Crippen LogP contribution in [-0.2, 0) is 4.79 Å². The normalized spacial score (nSPS) is 16.9. The van der Waals surface area contributed by atoms with Gasteiger partial charge in [0.2, 0.25) is 5.91 Å². The van der Waals surface area contributed by atoms with Crippen LogP contribution in [0.5, 0.6) is 5.75 Å². The van der Waals surface area contributed by atoms with Gasteiger partial charge in [0.05, 0.1) is 13.2 Å². The first-order valence-corrected chi connectivity index (χ1v) is 7.42. The van der Waals surface area contributed by atoms with Crippen molar-refractivity contribution in [2.24, 2.45) is 5.92 Å². The molecule has 4 nitrogen and oxygen atoms in total. The Kier molecular flexibility index (Phi) is 5.41. The first-order valence-electron chi connectivity index (χ1n) is 7.42. The molecule has 20 heavy (non-hydrogen) atoms. The van der Waals surface area contributed by atoms with Crippen molar-refractivity contribution >= 4 is 11.6 Å². The number of likely N-dealkylation sites (tertiary alicyclic amines) is 1. The van der Waals surface area contributed by atoms with E-state index in [0.717, 1.165) is 30.4 Å². The van der Waals surface area contributed by atoms with E-state index in [-0.39, 0.29) is 5.91 Å². The molecular weight excluding hydrogens is 252 g/mol. The topological polar surface area (TPSA) is 41.6 Å². The van der Waals surface area contributed by atoms with E-state index in [0.29, 0.717) is 13.2 Å². The summed E-state index contributed by atoms with van der Waals surface area (Å²) in [6, 6.07) is 7.51. The monoisotopic (exact) mass is 276 g/mol. The van der Waals surface area contributed by atoms with Crippen LogP contribution in [0.2, 0.25) is 0 Å². The zero-order chi connectivity index (χ0) is 14.4. The predicted octanol–water partition coefficient (Wildman–Crippen LogP) is 2.76. The fraction of sp³-hybridized carbons (Fsp3) is 0.562. The minimum Gasteiger partial charge on any atom is -0.494 e. The number of ether oxygens (including phenoxy) is 1. The van der Waals surface area contributed by atoms with Gasteiger partial charge in [0.1, 0.15) is 5.75 Å². The average molecular weight is 276 g/mol. The fourth-order valence-corrected chi connectivity index (χ4v) is 2.42. The van der Waals surface area contributed by atoms with Crippen LogP contribution in [0.3, 0.4) is 0 Å². The molecule has 110 valence electrons. The summed E-state index contributed by atoms with van der Waals surface area (Å²) in [5.41, 5.74) is 0.823. The second-order valence-electron chi connectivity index (χ2n) is 5.46. The van der Waals surface area contributed by atoms with Crippen LogP contribution < -0.4 is 10.1 Å². The van der Waals surface area contributed by atoms with Crippen molar-refractivity contribution in [1.82, 2.24) is 4.90 Å². The van der Waals surface area contributed by atoms with Crippen LogP contribution in [0, 0.1) is 5.92 Å². The Balaban J connectivity index is 1.79. The molecule has 1 amide bonds. The van der Waals surface area contributed by atoms with Crippen LogP contribution in [0.15, 0.2) is 24.3 Å². The van der Waals surface area contributed by atoms with E-state index in [1.807, 2.05) is 31.2 Å². The van der Waals surface area contributed by atoms with Gasteiger partial charge in [-0.2, -0.15) is 0 Å². The van der Waals surface area contributed by atoms with Gasteiger partial charge in [-0.1, -0.05) is 6.92 Å². The van der Waals surface area contributed by atoms with Gasteiger partial charge in [-0.15, -0.1) is 0 Å². The maximum atomic E-state index is 12.0. The highest BCUT2D eigenvalue weighted by Gasteiger charge is 2.17. The molecular formula is C16H24N2O2. The average Bonchev–Trinajstić information content (AvgIpc) is 2.44. The molecule has 1 saturated heterocycles. The maximum absolute atomic E-state index is 12.0. The van der Waals surface area contributed by atoms with Crippen molar-refractivity contribution in [3.8, 4) is 5.75 Å². The quantitative estimate of drug-likeness (QED) is 0.899. The van der Waals surface area contributed by atoms with Gasteiger partial charge in [-0.25, -0.2) is 0 Å². The lowest BCUT2D eigenvalue weighted by Crippen LogP contribution is -2.38. The summed E-state index contributed by atoms with van der Waals surface area (Å²) in [6.07, 6.45) is 2.38. The van der Waals surface area contributed by atoms with E-state index in [9.17, 15) is 4.79 Å². The molecule has 1 fully saturated rings. The van der Waals surface area contributed by atoms with Gasteiger partial charge in [0.15, 0.2) is 0 Å². The van der Waals surface area contributed by atoms with E-state index in [1.54, 1.807) is 0 Å². The highest BCUT2D eigenvalue weighted by atomic mass is 16.5. The lowest BCUT2D eigenvalue weighted by molar-refractivity contribution is -0.117. The summed E-state index contributed by atoms with van der Waals surface area (Å²) in [5.74, 6) is 1.68. The number of rotatable bonds is 5. The maximum Gasteiger partial charge on any atom is 0.238 e. The molecule has 1 aliphatic heterocycles. The van der Waals surface area contributed by atoms with Crippen molar-refractivity contribution in [3.05, 3.63) is 24.3 Å². The fourth-order valence-electron chi connectivity index (χ4n) is 2.42. The zero-order valence-corrected chi connectivity index (χ0v) is 12.4. The molecule has 1 aromatic rings. The highest BCUT2D eigenvalue weighted by molar-refractivity contribution is 5.92. The lowest BCUT2D eigenvalue weighted by atomic mass is 9.99. The lowest BCUT2D eigenvalue weighted by Gasteiger charge is -2.29. The highest BCUT2D eigenvalue weighted by Crippen LogP contribution is 2.17. The van der Waals surface area contributed by atoms with Gasteiger partial charge in [0.25, 0.3) is 0 Å². The smallest absolute Gasteiger partial charge is 0.238 e. The third kappa shape index (κ3) is 4.53. The number of nitrogens with zero attached hydrogens (tertiary/aromatic N) is 1. The number of anilines is 1. The summed E-state index contributed by atoms with van der Waals surface area (Å²) < 4.78 is 5.38. The molecule has 0 saturated carbocycles. The van der Waals surface area contributed by atoms with E-state index in [4.69, 9.17) is 4.74 Å². The number of piperidine rings is 1. The SMILES string of the molecule is CCOc1ccc(NC(=O)CN2CCC(C)CC2)cc1. The van der Waals surface area contributed by atoms with Crippen LogP contribution in [0.4, 0.5) is 5.69 Å². The van der Waals surface area contributed by atoms with E-state index in [1.165, 1.54) is 12.8 Å². The number of hydrogen-bond donors (Lipinski definition) is 1. The number of hydrogen-bond acceptors (Lipinski definition) is 3. The Hall–Kier alpha value is -1.55. The Morgan fingerprint density at radius 3 is 2.55 bits per heavy atom. The van der Waals surface area contributed by atoms with Crippen LogP contribution >= 0.6 is 0 Å². The van der Waals surface area contributed by atoms with Crippen molar-refractivity contribution in [2.45, 2.75) is 26.7 Å². The number of nitrogens with one attached hydrogen (secondary N) is 1. The van der Waals surface area contributed by atoms with Gasteiger partial charge < -0.3 is 10.1 Å². The standard InChI is InChI=1S/C16H24N2O2/c1-3-20-15-6-4-14(5-7-15)17-16(19)12-18-10-8-13(2)9-11-18/h4-7,13H,3,8-12H2,1-2H3,(H,17,19). The van der Waals surface area contributed by atoms with Gasteiger partial charge in [-0.05, 0) is 63.0 Å². The molecule has 4 heteroatoms. The van der Waals surface area contributed by atoms with Crippen molar-refractivity contribution in [2.75, 3.05) is 31.6 Å².